The number of hydrogen-bond acceptors (Lipinski definition) is 4. The van der Waals surface area contributed by atoms with Crippen LogP contribution in [-0.4, -0.2) is 12.9 Å². The van der Waals surface area contributed by atoms with E-state index in [1.807, 2.05) is 38.1 Å². The third-order valence-electron chi connectivity index (χ3n) is 4.37. The predicted molar refractivity (Wildman–Crippen MR) is 126 cm³/mol. The first-order valence-electron chi connectivity index (χ1n) is 9.02. The summed E-state index contributed by atoms with van der Waals surface area (Å²) < 4.78 is 11.3. The fraction of sp³-hybridized carbons (Fsp3) is 0.174. The molecule has 0 fully saturated rings. The highest BCUT2D eigenvalue weighted by Gasteiger charge is 2.12. The fourth-order valence-electron chi connectivity index (χ4n) is 2.97. The van der Waals surface area contributed by atoms with Crippen LogP contribution in [0.5, 0.6) is 11.5 Å². The van der Waals surface area contributed by atoms with Crippen molar-refractivity contribution in [3.05, 3.63) is 84.0 Å². The minimum atomic E-state index is -0.0230. The summed E-state index contributed by atoms with van der Waals surface area (Å²) in [5.41, 5.74) is 2.37. The summed E-state index contributed by atoms with van der Waals surface area (Å²) in [5.74, 6) is 0.985. The molecular formula is C23H19Cl3O3S. The molecule has 0 unspecified atom stereocenters. The summed E-state index contributed by atoms with van der Waals surface area (Å²) in [5, 5.41) is 1.09. The minimum absolute atomic E-state index is 0.0230. The van der Waals surface area contributed by atoms with Gasteiger partial charge in [0, 0.05) is 25.9 Å². The van der Waals surface area contributed by atoms with Crippen LogP contribution < -0.4 is 9.47 Å². The molecule has 0 bridgehead atoms. The molecule has 2 aromatic carbocycles. The number of carbonyl (C=O) groups is 1. The van der Waals surface area contributed by atoms with Crippen LogP contribution in [0.25, 0.3) is 6.08 Å². The summed E-state index contributed by atoms with van der Waals surface area (Å²) >= 11 is 19.9. The van der Waals surface area contributed by atoms with E-state index in [2.05, 4.69) is 0 Å². The lowest BCUT2D eigenvalue weighted by Gasteiger charge is -2.13. The fourth-order valence-corrected chi connectivity index (χ4v) is 4.82. The van der Waals surface area contributed by atoms with Crippen molar-refractivity contribution in [1.29, 1.82) is 0 Å². The van der Waals surface area contributed by atoms with Gasteiger partial charge in [0.25, 0.3) is 0 Å². The van der Waals surface area contributed by atoms with Gasteiger partial charge in [-0.05, 0) is 55.8 Å². The zero-order valence-corrected chi connectivity index (χ0v) is 19.7. The summed E-state index contributed by atoms with van der Waals surface area (Å²) in [6, 6.07) is 10.7. The normalized spacial score (nSPS) is 11.1. The van der Waals surface area contributed by atoms with Crippen LogP contribution in [0, 0.1) is 13.8 Å². The summed E-state index contributed by atoms with van der Waals surface area (Å²) in [7, 11) is 1.59. The molecule has 1 heterocycles. The third-order valence-corrected chi connectivity index (χ3v) is 6.12. The van der Waals surface area contributed by atoms with Gasteiger partial charge < -0.3 is 9.47 Å². The Balaban J connectivity index is 1.80. The molecule has 0 aliphatic heterocycles. The maximum atomic E-state index is 12.5. The smallest absolute Gasteiger partial charge is 0.186 e. The number of ketones is 1. The number of thiophene rings is 1. The van der Waals surface area contributed by atoms with E-state index in [0.29, 0.717) is 26.6 Å². The summed E-state index contributed by atoms with van der Waals surface area (Å²) in [6.07, 6.45) is 3.35. The lowest BCUT2D eigenvalue weighted by Crippen LogP contribution is -2.00. The van der Waals surface area contributed by atoms with Gasteiger partial charge in [-0.1, -0.05) is 46.9 Å². The molecule has 0 amide bonds. The van der Waals surface area contributed by atoms with Gasteiger partial charge in [0.15, 0.2) is 11.5 Å². The Kier molecular flexibility index (Phi) is 7.48. The van der Waals surface area contributed by atoms with Crippen LogP contribution in [-0.2, 0) is 6.61 Å². The molecule has 3 nitrogen and oxygen atoms in total. The number of allylic oxidation sites excluding steroid dienone is 1. The first-order chi connectivity index (χ1) is 14.3. The first-order valence-corrected chi connectivity index (χ1v) is 11.0. The van der Waals surface area contributed by atoms with Crippen LogP contribution in [0.4, 0.5) is 0 Å². The molecule has 0 N–H and O–H groups in total. The standard InChI is InChI=1S/C23H19Cl3O3S/c1-13-8-18(14(2)30-13)21(27)6-4-15-5-7-22(28-3)16(9-15)12-29-23-19(25)10-17(24)11-20(23)26/h4-11H,12H2,1-3H3/b6-4+. The zero-order chi connectivity index (χ0) is 21.8. The van der Waals surface area contributed by atoms with E-state index in [-0.39, 0.29) is 12.4 Å². The molecule has 0 spiro atoms. The van der Waals surface area contributed by atoms with Crippen molar-refractivity contribution in [2.75, 3.05) is 7.11 Å². The Bertz CT molecular complexity index is 1100. The van der Waals surface area contributed by atoms with E-state index in [9.17, 15) is 4.79 Å². The highest BCUT2D eigenvalue weighted by Crippen LogP contribution is 2.37. The van der Waals surface area contributed by atoms with Crippen molar-refractivity contribution in [2.45, 2.75) is 20.5 Å². The quantitative estimate of drug-likeness (QED) is 0.255. The molecular weight excluding hydrogens is 463 g/mol. The Labute approximate surface area is 194 Å². The van der Waals surface area contributed by atoms with Gasteiger partial charge in [-0.15, -0.1) is 11.3 Å². The number of methoxy groups -OCH3 is 1. The van der Waals surface area contributed by atoms with E-state index >= 15 is 0 Å². The average molecular weight is 482 g/mol. The number of carbonyl (C=O) groups excluding carboxylic acids is 1. The van der Waals surface area contributed by atoms with Gasteiger partial charge in [0.1, 0.15) is 12.4 Å². The second kappa shape index (κ2) is 9.88. The van der Waals surface area contributed by atoms with Crippen molar-refractivity contribution < 1.29 is 14.3 Å². The van der Waals surface area contributed by atoms with E-state index in [4.69, 9.17) is 44.3 Å². The van der Waals surface area contributed by atoms with Crippen molar-refractivity contribution >= 4 is 58.0 Å². The molecule has 3 rings (SSSR count). The molecule has 1 aromatic heterocycles. The topological polar surface area (TPSA) is 35.5 Å². The van der Waals surface area contributed by atoms with Gasteiger partial charge in [-0.25, -0.2) is 0 Å². The van der Waals surface area contributed by atoms with Crippen molar-refractivity contribution in [1.82, 2.24) is 0 Å². The zero-order valence-electron chi connectivity index (χ0n) is 16.6. The number of aryl methyl sites for hydroxylation is 2. The third kappa shape index (κ3) is 5.38. The van der Waals surface area contributed by atoms with Gasteiger partial charge >= 0.3 is 0 Å². The predicted octanol–water partition coefficient (Wildman–Crippen LogP) is 7.81. The summed E-state index contributed by atoms with van der Waals surface area (Å²) in [4.78, 5) is 14.6. The van der Waals surface area contributed by atoms with Crippen LogP contribution in [0.1, 0.15) is 31.2 Å². The Morgan fingerprint density at radius 3 is 2.37 bits per heavy atom. The van der Waals surface area contributed by atoms with E-state index in [0.717, 1.165) is 26.4 Å². The highest BCUT2D eigenvalue weighted by molar-refractivity contribution is 7.12. The Morgan fingerprint density at radius 2 is 1.77 bits per heavy atom. The minimum Gasteiger partial charge on any atom is -0.496 e. The second-order valence-electron chi connectivity index (χ2n) is 6.58. The van der Waals surface area contributed by atoms with Crippen LogP contribution in [0.3, 0.4) is 0 Å². The number of halogens is 3. The number of ether oxygens (including phenoxy) is 2. The van der Waals surface area contributed by atoms with Crippen molar-refractivity contribution in [2.24, 2.45) is 0 Å². The first kappa shape index (κ1) is 22.7. The van der Waals surface area contributed by atoms with Crippen LogP contribution in [0.15, 0.2) is 42.5 Å². The van der Waals surface area contributed by atoms with E-state index < -0.39 is 0 Å². The maximum absolute atomic E-state index is 12.5. The van der Waals surface area contributed by atoms with Crippen LogP contribution in [0.2, 0.25) is 15.1 Å². The SMILES string of the molecule is COc1ccc(/C=C/C(=O)c2cc(C)sc2C)cc1COc1c(Cl)cc(Cl)cc1Cl. The van der Waals surface area contributed by atoms with Gasteiger partial charge in [-0.3, -0.25) is 4.79 Å². The van der Waals surface area contributed by atoms with E-state index in [1.54, 1.807) is 42.7 Å². The lowest BCUT2D eigenvalue weighted by molar-refractivity contribution is 0.104. The molecule has 7 heteroatoms. The number of hydrogen-bond donors (Lipinski definition) is 0. The molecule has 0 atom stereocenters. The highest BCUT2D eigenvalue weighted by atomic mass is 35.5. The molecule has 0 aliphatic rings. The van der Waals surface area contributed by atoms with Crippen LogP contribution >= 0.6 is 46.1 Å². The molecule has 0 aliphatic carbocycles. The molecule has 156 valence electrons. The van der Waals surface area contributed by atoms with Gasteiger partial charge in [0.2, 0.25) is 0 Å². The molecule has 0 saturated carbocycles. The molecule has 0 saturated heterocycles. The van der Waals surface area contributed by atoms with Crippen molar-refractivity contribution in [3.8, 4) is 11.5 Å². The monoisotopic (exact) mass is 480 g/mol. The molecule has 30 heavy (non-hydrogen) atoms. The Morgan fingerprint density at radius 1 is 1.07 bits per heavy atom. The Hall–Kier alpha value is -1.98. The maximum Gasteiger partial charge on any atom is 0.186 e. The van der Waals surface area contributed by atoms with Crippen molar-refractivity contribution in [3.63, 3.8) is 0 Å². The largest absolute Gasteiger partial charge is 0.496 e. The number of rotatable bonds is 7. The summed E-state index contributed by atoms with van der Waals surface area (Å²) in [6.45, 7) is 4.13. The lowest BCUT2D eigenvalue weighted by atomic mass is 10.1. The molecule has 3 aromatic rings. The molecule has 0 radical (unpaired) electrons. The van der Waals surface area contributed by atoms with Gasteiger partial charge in [-0.2, -0.15) is 0 Å². The van der Waals surface area contributed by atoms with E-state index in [1.165, 1.54) is 0 Å². The average Bonchev–Trinajstić information content (AvgIpc) is 3.03. The second-order valence-corrected chi connectivity index (χ2v) is 9.29. The number of benzene rings is 2. The van der Waals surface area contributed by atoms with Gasteiger partial charge in [0.05, 0.1) is 17.2 Å².